The van der Waals surface area contributed by atoms with Crippen LogP contribution in [0, 0.1) is 0 Å². The summed E-state index contributed by atoms with van der Waals surface area (Å²) in [6.45, 7) is 6.69. The molecule has 17 heavy (non-hydrogen) atoms. The van der Waals surface area contributed by atoms with Gasteiger partial charge in [-0.05, 0) is 45.4 Å². The van der Waals surface area contributed by atoms with Crippen LogP contribution in [0.3, 0.4) is 0 Å². The van der Waals surface area contributed by atoms with Gasteiger partial charge in [-0.3, -0.25) is 4.90 Å². The summed E-state index contributed by atoms with van der Waals surface area (Å²) in [6.07, 6.45) is 2.65. The third kappa shape index (κ3) is 3.37. The van der Waals surface area contributed by atoms with Gasteiger partial charge in [-0.2, -0.15) is 0 Å². The molecule has 1 aromatic carbocycles. The van der Waals surface area contributed by atoms with E-state index in [0.717, 1.165) is 24.4 Å². The fourth-order valence-corrected chi connectivity index (χ4v) is 2.31. The third-order valence-corrected chi connectivity index (χ3v) is 3.30. The van der Waals surface area contributed by atoms with E-state index in [-0.39, 0.29) is 0 Å². The summed E-state index contributed by atoms with van der Waals surface area (Å²) in [5.41, 5.74) is 6.51. The van der Waals surface area contributed by atoms with E-state index < -0.39 is 0 Å². The molecule has 1 aromatic rings. The van der Waals surface area contributed by atoms with Crippen LogP contribution < -0.4 is 10.5 Å². The van der Waals surface area contributed by atoms with Crippen LogP contribution in [-0.2, 0) is 0 Å². The van der Waals surface area contributed by atoms with Crippen molar-refractivity contribution in [2.45, 2.75) is 38.8 Å². The molecule has 2 rings (SSSR count). The maximum atomic E-state index is 5.99. The second-order valence-electron chi connectivity index (χ2n) is 5.04. The van der Waals surface area contributed by atoms with Crippen molar-refractivity contribution in [3.63, 3.8) is 0 Å². The highest BCUT2D eigenvalue weighted by atomic mass is 16.5. The van der Waals surface area contributed by atoms with Crippen molar-refractivity contribution in [2.75, 3.05) is 18.8 Å². The first kappa shape index (κ1) is 12.2. The molecule has 1 aliphatic rings. The average Bonchev–Trinajstić information content (AvgIpc) is 2.29. The molecular formula is C14H22N2O. The number of likely N-dealkylation sites (tertiary alicyclic amines) is 1. The number of hydrogen-bond acceptors (Lipinski definition) is 3. The number of ether oxygens (including phenoxy) is 1. The van der Waals surface area contributed by atoms with Gasteiger partial charge in [0.15, 0.2) is 0 Å². The molecule has 0 saturated carbocycles. The molecule has 0 bridgehead atoms. The fraction of sp³-hybridized carbons (Fsp3) is 0.571. The number of rotatable bonds is 3. The summed E-state index contributed by atoms with van der Waals surface area (Å²) in [5.74, 6) is 0.889. The maximum absolute atomic E-state index is 5.99. The number of anilines is 1. The van der Waals surface area contributed by atoms with Crippen molar-refractivity contribution >= 4 is 5.69 Å². The van der Waals surface area contributed by atoms with Crippen LogP contribution in [0.25, 0.3) is 0 Å². The second kappa shape index (κ2) is 5.41. The van der Waals surface area contributed by atoms with E-state index >= 15 is 0 Å². The first-order valence-electron chi connectivity index (χ1n) is 6.41. The Morgan fingerprint density at radius 3 is 2.94 bits per heavy atom. The van der Waals surface area contributed by atoms with Crippen LogP contribution >= 0.6 is 0 Å². The van der Waals surface area contributed by atoms with Crippen LogP contribution in [0.1, 0.15) is 26.7 Å². The lowest BCUT2D eigenvalue weighted by Gasteiger charge is -2.35. The number of hydrogen-bond donors (Lipinski definition) is 1. The first-order valence-corrected chi connectivity index (χ1v) is 6.41. The molecule has 0 amide bonds. The summed E-state index contributed by atoms with van der Waals surface area (Å²) in [7, 11) is 0. The molecule has 0 radical (unpaired) electrons. The van der Waals surface area contributed by atoms with Crippen molar-refractivity contribution in [2.24, 2.45) is 0 Å². The molecule has 1 heterocycles. The Labute approximate surface area is 104 Å². The molecular weight excluding hydrogens is 212 g/mol. The van der Waals surface area contributed by atoms with E-state index in [1.807, 2.05) is 24.3 Å². The maximum Gasteiger partial charge on any atom is 0.121 e. The summed E-state index contributed by atoms with van der Waals surface area (Å²) in [6, 6.07) is 8.29. The normalized spacial score (nSPS) is 21.7. The van der Waals surface area contributed by atoms with Gasteiger partial charge in [-0.25, -0.2) is 0 Å². The van der Waals surface area contributed by atoms with Gasteiger partial charge in [-0.1, -0.05) is 6.07 Å². The Kier molecular flexibility index (Phi) is 3.89. The zero-order valence-electron chi connectivity index (χ0n) is 10.7. The average molecular weight is 234 g/mol. The minimum absolute atomic E-state index is 0.299. The predicted molar refractivity (Wildman–Crippen MR) is 71.2 cm³/mol. The lowest BCUT2D eigenvalue weighted by atomic mass is 10.1. The van der Waals surface area contributed by atoms with Crippen molar-refractivity contribution < 1.29 is 4.74 Å². The zero-order chi connectivity index (χ0) is 12.3. The first-order chi connectivity index (χ1) is 8.15. The number of benzene rings is 1. The molecule has 0 aliphatic carbocycles. The molecule has 0 aromatic heterocycles. The van der Waals surface area contributed by atoms with E-state index in [1.165, 1.54) is 13.0 Å². The highest BCUT2D eigenvalue weighted by molar-refractivity contribution is 5.43. The van der Waals surface area contributed by atoms with Gasteiger partial charge >= 0.3 is 0 Å². The van der Waals surface area contributed by atoms with Crippen LogP contribution in [0.2, 0.25) is 0 Å². The van der Waals surface area contributed by atoms with Gasteiger partial charge in [0.1, 0.15) is 11.9 Å². The van der Waals surface area contributed by atoms with Gasteiger partial charge in [0.2, 0.25) is 0 Å². The van der Waals surface area contributed by atoms with Crippen LogP contribution in [-0.4, -0.2) is 30.1 Å². The van der Waals surface area contributed by atoms with E-state index in [1.54, 1.807) is 0 Å². The van der Waals surface area contributed by atoms with Gasteiger partial charge in [0, 0.05) is 24.3 Å². The molecule has 1 saturated heterocycles. The zero-order valence-corrected chi connectivity index (χ0v) is 10.7. The van der Waals surface area contributed by atoms with Crippen LogP contribution in [0.15, 0.2) is 24.3 Å². The standard InChI is InChI=1S/C14H22N2O/c1-11(2)16-8-4-7-14(10-16)17-13-6-3-5-12(15)9-13/h3,5-6,9,11,14H,4,7-8,10,15H2,1-2H3. The third-order valence-electron chi connectivity index (χ3n) is 3.30. The van der Waals surface area contributed by atoms with Crippen LogP contribution in [0.4, 0.5) is 5.69 Å². The van der Waals surface area contributed by atoms with Gasteiger partial charge in [-0.15, -0.1) is 0 Å². The summed E-state index contributed by atoms with van der Waals surface area (Å²) in [5, 5.41) is 0. The Bertz CT molecular complexity index is 365. The topological polar surface area (TPSA) is 38.5 Å². The van der Waals surface area contributed by atoms with Crippen molar-refractivity contribution in [3.8, 4) is 5.75 Å². The summed E-state index contributed by atoms with van der Waals surface area (Å²) in [4.78, 5) is 2.47. The van der Waals surface area contributed by atoms with Gasteiger partial charge in [0.25, 0.3) is 0 Å². The highest BCUT2D eigenvalue weighted by Gasteiger charge is 2.22. The van der Waals surface area contributed by atoms with Crippen molar-refractivity contribution in [3.05, 3.63) is 24.3 Å². The highest BCUT2D eigenvalue weighted by Crippen LogP contribution is 2.21. The lowest BCUT2D eigenvalue weighted by molar-refractivity contribution is 0.0707. The monoisotopic (exact) mass is 234 g/mol. The molecule has 94 valence electrons. The second-order valence-corrected chi connectivity index (χ2v) is 5.04. The number of nitrogen functional groups attached to an aromatic ring is 1. The Hall–Kier alpha value is -1.22. The molecule has 3 nitrogen and oxygen atoms in total. The minimum Gasteiger partial charge on any atom is -0.489 e. The Morgan fingerprint density at radius 2 is 2.24 bits per heavy atom. The van der Waals surface area contributed by atoms with Crippen molar-refractivity contribution in [1.29, 1.82) is 0 Å². The quantitative estimate of drug-likeness (QED) is 0.817. The molecule has 0 spiro atoms. The Balaban J connectivity index is 1.94. The smallest absolute Gasteiger partial charge is 0.121 e. The number of nitrogens with two attached hydrogens (primary N) is 1. The predicted octanol–water partition coefficient (Wildman–Crippen LogP) is 2.52. The largest absolute Gasteiger partial charge is 0.489 e. The molecule has 1 aliphatic heterocycles. The minimum atomic E-state index is 0.299. The van der Waals surface area contributed by atoms with E-state index in [9.17, 15) is 0 Å². The molecule has 3 heteroatoms. The lowest BCUT2D eigenvalue weighted by Crippen LogP contribution is -2.44. The fourth-order valence-electron chi connectivity index (χ4n) is 2.31. The number of piperidine rings is 1. The molecule has 1 fully saturated rings. The Morgan fingerprint density at radius 1 is 1.41 bits per heavy atom. The SMILES string of the molecule is CC(C)N1CCCC(Oc2cccc(N)c2)C1. The van der Waals surface area contributed by atoms with E-state index in [4.69, 9.17) is 10.5 Å². The molecule has 1 atom stereocenters. The number of nitrogens with zero attached hydrogens (tertiary/aromatic N) is 1. The summed E-state index contributed by atoms with van der Waals surface area (Å²) < 4.78 is 5.99. The van der Waals surface area contributed by atoms with Gasteiger partial charge < -0.3 is 10.5 Å². The summed E-state index contributed by atoms with van der Waals surface area (Å²) >= 11 is 0. The molecule has 2 N–H and O–H groups in total. The van der Waals surface area contributed by atoms with Crippen LogP contribution in [0.5, 0.6) is 5.75 Å². The molecule has 1 unspecified atom stereocenters. The van der Waals surface area contributed by atoms with Gasteiger partial charge in [0.05, 0.1) is 0 Å². The van der Waals surface area contributed by atoms with E-state index in [0.29, 0.717) is 12.1 Å². The van der Waals surface area contributed by atoms with Crippen molar-refractivity contribution in [1.82, 2.24) is 4.90 Å². The van der Waals surface area contributed by atoms with E-state index in [2.05, 4.69) is 18.7 Å².